The van der Waals surface area contributed by atoms with Gasteiger partial charge in [-0.15, -0.1) is 11.6 Å². The summed E-state index contributed by atoms with van der Waals surface area (Å²) in [6.07, 6.45) is -0.393. The van der Waals surface area contributed by atoms with Crippen LogP contribution in [0, 0.1) is 0 Å². The van der Waals surface area contributed by atoms with Crippen LogP contribution < -0.4 is 0 Å². The molecule has 3 fully saturated rings. The van der Waals surface area contributed by atoms with Gasteiger partial charge in [0.25, 0.3) is 0 Å². The Morgan fingerprint density at radius 3 is 2.75 bits per heavy atom. The summed E-state index contributed by atoms with van der Waals surface area (Å²) in [5.41, 5.74) is 0. The first kappa shape index (κ1) is 26.2. The SMILES string of the molecule is C=C(I)C[C@H](Cl)CCC(=O)/C=C1/O[C@@H]2C(O[C@H]3CC[C@H](CC(=O)OC)OC3[C@@H]2OS)[C@H]1O. The van der Waals surface area contributed by atoms with Crippen molar-refractivity contribution in [1.29, 1.82) is 0 Å². The van der Waals surface area contributed by atoms with Gasteiger partial charge < -0.3 is 28.2 Å². The first-order chi connectivity index (χ1) is 15.2. The van der Waals surface area contributed by atoms with E-state index in [9.17, 15) is 14.7 Å². The van der Waals surface area contributed by atoms with Crippen molar-refractivity contribution in [2.75, 3.05) is 7.11 Å². The average Bonchev–Trinajstić information content (AvgIpc) is 3.05. The van der Waals surface area contributed by atoms with Gasteiger partial charge in [0, 0.05) is 17.9 Å². The lowest BCUT2D eigenvalue weighted by molar-refractivity contribution is -0.250. The smallest absolute Gasteiger partial charge is 0.308 e. The Bertz CT molecular complexity index is 749. The molecule has 0 amide bonds. The summed E-state index contributed by atoms with van der Waals surface area (Å²) in [5, 5.41) is 10.6. The Kier molecular flexibility index (Phi) is 9.72. The van der Waals surface area contributed by atoms with Gasteiger partial charge in [0.1, 0.15) is 30.2 Å². The molecule has 11 heteroatoms. The second-order valence-corrected chi connectivity index (χ2v) is 10.5. The summed E-state index contributed by atoms with van der Waals surface area (Å²) < 4.78 is 29.0. The van der Waals surface area contributed by atoms with Gasteiger partial charge in [0.15, 0.2) is 11.9 Å². The third kappa shape index (κ3) is 6.39. The number of hydrogen-bond donors (Lipinski definition) is 2. The maximum atomic E-state index is 12.4. The fourth-order valence-corrected chi connectivity index (χ4v) is 5.62. The second kappa shape index (κ2) is 11.9. The van der Waals surface area contributed by atoms with E-state index in [1.807, 2.05) is 0 Å². The maximum absolute atomic E-state index is 12.4. The Labute approximate surface area is 211 Å². The van der Waals surface area contributed by atoms with Crippen molar-refractivity contribution in [1.82, 2.24) is 0 Å². The zero-order valence-electron chi connectivity index (χ0n) is 17.7. The van der Waals surface area contributed by atoms with Crippen molar-refractivity contribution in [3.8, 4) is 0 Å². The summed E-state index contributed by atoms with van der Waals surface area (Å²) >= 11 is 12.3. The van der Waals surface area contributed by atoms with Gasteiger partial charge in [-0.25, -0.2) is 0 Å². The molecule has 8 atom stereocenters. The van der Waals surface area contributed by atoms with Gasteiger partial charge >= 0.3 is 5.97 Å². The van der Waals surface area contributed by atoms with E-state index in [1.165, 1.54) is 13.2 Å². The van der Waals surface area contributed by atoms with Crippen LogP contribution in [0.25, 0.3) is 0 Å². The predicted molar refractivity (Wildman–Crippen MR) is 128 cm³/mol. The monoisotopic (exact) mass is 602 g/mol. The van der Waals surface area contributed by atoms with Crippen LogP contribution in [0.4, 0.5) is 0 Å². The van der Waals surface area contributed by atoms with Crippen molar-refractivity contribution in [3.63, 3.8) is 0 Å². The van der Waals surface area contributed by atoms with Crippen molar-refractivity contribution < 1.29 is 37.8 Å². The van der Waals surface area contributed by atoms with Gasteiger partial charge in [-0.2, -0.15) is 0 Å². The lowest BCUT2D eigenvalue weighted by atomic mass is 9.88. The van der Waals surface area contributed by atoms with E-state index >= 15 is 0 Å². The molecule has 3 aliphatic heterocycles. The molecule has 2 unspecified atom stereocenters. The number of ketones is 1. The van der Waals surface area contributed by atoms with Crippen LogP contribution in [0.15, 0.2) is 22.0 Å². The van der Waals surface area contributed by atoms with Gasteiger partial charge in [-0.05, 0) is 64.8 Å². The molecule has 180 valence electrons. The molecule has 3 aliphatic rings. The van der Waals surface area contributed by atoms with E-state index in [0.29, 0.717) is 25.7 Å². The number of aliphatic hydroxyl groups excluding tert-OH is 1. The number of fused-ring (bicyclic) bond motifs is 2. The van der Waals surface area contributed by atoms with Crippen LogP contribution in [0.1, 0.15) is 38.5 Å². The standard InChI is InChI=1S/C21H28ClIO8S/c1-10(23)7-11(22)3-4-12(24)8-15-17(26)19-20(30-15)21(31-32)18-14(29-19)6-5-13(28-18)9-16(25)27-2/h8,11,13-14,17-21,26,32H,1,3-7,9H2,2H3/b15-8+/t11-,13-,14+,17+,18?,19?,20-,21+/m1/s1. The number of ether oxygens (including phenoxy) is 4. The fraction of sp³-hybridized carbons (Fsp3) is 0.714. The number of carbonyl (C=O) groups excluding carboxylic acids is 2. The number of hydrogen-bond acceptors (Lipinski definition) is 9. The Balaban J connectivity index is 1.64. The van der Waals surface area contributed by atoms with Gasteiger partial charge in [0.05, 0.1) is 25.7 Å². The number of aliphatic hydroxyl groups is 1. The number of allylic oxidation sites excluding steroid dienone is 2. The van der Waals surface area contributed by atoms with Gasteiger partial charge in [-0.1, -0.05) is 6.58 Å². The van der Waals surface area contributed by atoms with E-state index < -0.39 is 30.5 Å². The van der Waals surface area contributed by atoms with E-state index in [0.717, 1.165) is 3.58 Å². The second-order valence-electron chi connectivity index (χ2n) is 8.19. The third-order valence-corrected chi connectivity index (χ3v) is 6.92. The number of rotatable bonds is 9. The van der Waals surface area contributed by atoms with Gasteiger partial charge in [-0.3, -0.25) is 9.59 Å². The lowest BCUT2D eigenvalue weighted by Crippen LogP contribution is -2.61. The summed E-state index contributed by atoms with van der Waals surface area (Å²) in [6, 6.07) is 0. The van der Waals surface area contributed by atoms with E-state index in [4.69, 9.17) is 34.7 Å². The molecule has 0 aromatic carbocycles. The van der Waals surface area contributed by atoms with Crippen LogP contribution >= 0.6 is 47.1 Å². The zero-order valence-corrected chi connectivity index (χ0v) is 21.5. The largest absolute Gasteiger partial charge is 0.486 e. The minimum Gasteiger partial charge on any atom is -0.486 e. The first-order valence-corrected chi connectivity index (χ1v) is 12.4. The van der Waals surface area contributed by atoms with Crippen LogP contribution in [-0.4, -0.2) is 72.1 Å². The van der Waals surface area contributed by atoms with Crippen LogP contribution in [0.3, 0.4) is 0 Å². The highest BCUT2D eigenvalue weighted by molar-refractivity contribution is 14.1. The van der Waals surface area contributed by atoms with Crippen molar-refractivity contribution in [2.45, 2.75) is 86.6 Å². The van der Waals surface area contributed by atoms with Crippen molar-refractivity contribution >= 4 is 58.9 Å². The topological polar surface area (TPSA) is 101 Å². The lowest BCUT2D eigenvalue weighted by Gasteiger charge is -2.46. The highest BCUT2D eigenvalue weighted by Gasteiger charge is 2.57. The Hall–Kier alpha value is -0.370. The number of halogens is 2. The molecule has 0 bridgehead atoms. The van der Waals surface area contributed by atoms with Crippen LogP contribution in [0.5, 0.6) is 0 Å². The normalized spacial score (nSPS) is 36.0. The summed E-state index contributed by atoms with van der Waals surface area (Å²) in [6.45, 7) is 3.81. The van der Waals surface area contributed by atoms with Crippen molar-refractivity contribution in [2.24, 2.45) is 0 Å². The highest BCUT2D eigenvalue weighted by atomic mass is 127. The zero-order chi connectivity index (χ0) is 23.4. The maximum Gasteiger partial charge on any atom is 0.308 e. The number of thiol groups is 1. The van der Waals surface area contributed by atoms with Crippen LogP contribution in [0.2, 0.25) is 0 Å². The van der Waals surface area contributed by atoms with E-state index in [2.05, 4.69) is 42.1 Å². The molecule has 0 aromatic rings. The molecule has 0 radical (unpaired) electrons. The first-order valence-electron chi connectivity index (χ1n) is 10.5. The summed E-state index contributed by atoms with van der Waals surface area (Å²) in [5.74, 6) is -0.420. The Morgan fingerprint density at radius 2 is 2.09 bits per heavy atom. The predicted octanol–water partition coefficient (Wildman–Crippen LogP) is 3.03. The number of esters is 1. The molecule has 0 aliphatic carbocycles. The number of carbonyl (C=O) groups is 2. The molecule has 8 nitrogen and oxygen atoms in total. The quantitative estimate of drug-likeness (QED) is 0.104. The molecule has 0 aromatic heterocycles. The Morgan fingerprint density at radius 1 is 1.34 bits per heavy atom. The fourth-order valence-electron chi connectivity index (χ4n) is 4.29. The molecule has 0 spiro atoms. The van der Waals surface area contributed by atoms with E-state index in [-0.39, 0.29) is 47.9 Å². The molecule has 1 N–H and O–H groups in total. The third-order valence-electron chi connectivity index (χ3n) is 5.86. The minimum absolute atomic E-state index is 0.128. The highest BCUT2D eigenvalue weighted by Crippen LogP contribution is 2.42. The molecular weight excluding hydrogens is 575 g/mol. The number of alkyl halides is 1. The van der Waals surface area contributed by atoms with E-state index in [1.54, 1.807) is 0 Å². The molecule has 3 rings (SSSR count). The molecular formula is C21H28ClIO8S. The average molecular weight is 603 g/mol. The molecule has 3 heterocycles. The van der Waals surface area contributed by atoms with Crippen LogP contribution in [-0.2, 0) is 32.7 Å². The molecule has 32 heavy (non-hydrogen) atoms. The number of methoxy groups -OCH3 is 1. The summed E-state index contributed by atoms with van der Waals surface area (Å²) in [7, 11) is 1.33. The van der Waals surface area contributed by atoms with Gasteiger partial charge in [0.2, 0.25) is 0 Å². The minimum atomic E-state index is -1.11. The van der Waals surface area contributed by atoms with Crippen molar-refractivity contribution in [3.05, 3.63) is 22.0 Å². The summed E-state index contributed by atoms with van der Waals surface area (Å²) in [4.78, 5) is 24.0. The molecule has 0 saturated carbocycles. The molecule has 3 saturated heterocycles.